The molecule has 2 rings (SSSR count). The van der Waals surface area contributed by atoms with Crippen LogP contribution in [0.5, 0.6) is 0 Å². The van der Waals surface area contributed by atoms with E-state index in [4.69, 9.17) is 5.11 Å². The molecule has 1 aromatic carbocycles. The van der Waals surface area contributed by atoms with Gasteiger partial charge in [0.05, 0.1) is 4.92 Å². The van der Waals surface area contributed by atoms with E-state index < -0.39 is 10.9 Å². The summed E-state index contributed by atoms with van der Waals surface area (Å²) >= 11 is 0. The molecular weight excluding hydrogens is 248 g/mol. The van der Waals surface area contributed by atoms with E-state index in [-0.39, 0.29) is 11.3 Å². The second-order valence-corrected chi connectivity index (χ2v) is 4.94. The summed E-state index contributed by atoms with van der Waals surface area (Å²) in [6, 6.07) is 4.23. The normalized spacial score (nSPS) is 14.8. The van der Waals surface area contributed by atoms with Crippen LogP contribution in [0.15, 0.2) is 18.2 Å². The highest BCUT2D eigenvalue weighted by Gasteiger charge is 2.23. The Bertz CT molecular complexity index is 511. The Balaban J connectivity index is 2.23. The number of aromatic carboxylic acids is 1. The Morgan fingerprint density at radius 3 is 2.68 bits per heavy atom. The van der Waals surface area contributed by atoms with Crippen LogP contribution in [-0.4, -0.2) is 29.6 Å². The van der Waals surface area contributed by atoms with E-state index in [1.165, 1.54) is 31.4 Å². The standard InChI is InChI=1S/C13H16N2O4/c1-14(8-9-3-2-4-9)10-5-6-12(15(18)19)11(7-10)13(16)17/h5-7,9H,2-4,8H2,1H3,(H,16,17). The summed E-state index contributed by atoms with van der Waals surface area (Å²) in [7, 11) is 1.88. The molecule has 0 aliphatic heterocycles. The van der Waals surface area contributed by atoms with Gasteiger partial charge in [-0.3, -0.25) is 10.1 Å². The third-order valence-corrected chi connectivity index (χ3v) is 3.60. The van der Waals surface area contributed by atoms with Crippen LogP contribution in [-0.2, 0) is 0 Å². The van der Waals surface area contributed by atoms with E-state index in [9.17, 15) is 14.9 Å². The number of nitrogens with zero attached hydrogens (tertiary/aromatic N) is 2. The maximum absolute atomic E-state index is 11.1. The molecule has 1 saturated carbocycles. The van der Waals surface area contributed by atoms with Crippen LogP contribution in [0.3, 0.4) is 0 Å². The molecule has 6 heteroatoms. The minimum absolute atomic E-state index is 0.261. The molecule has 0 aromatic heterocycles. The van der Waals surface area contributed by atoms with Crippen LogP contribution in [0.1, 0.15) is 29.6 Å². The lowest BCUT2D eigenvalue weighted by Crippen LogP contribution is -2.29. The Morgan fingerprint density at radius 1 is 1.53 bits per heavy atom. The summed E-state index contributed by atoms with van der Waals surface area (Å²) in [4.78, 5) is 23.1. The van der Waals surface area contributed by atoms with E-state index in [1.54, 1.807) is 6.07 Å². The smallest absolute Gasteiger partial charge is 0.342 e. The van der Waals surface area contributed by atoms with Crippen LogP contribution in [0.4, 0.5) is 11.4 Å². The average molecular weight is 264 g/mol. The molecule has 0 atom stereocenters. The van der Waals surface area contributed by atoms with Gasteiger partial charge >= 0.3 is 5.97 Å². The maximum atomic E-state index is 11.1. The number of carbonyl (C=O) groups is 1. The zero-order chi connectivity index (χ0) is 14.0. The van der Waals surface area contributed by atoms with Crippen molar-refractivity contribution in [2.75, 3.05) is 18.5 Å². The van der Waals surface area contributed by atoms with Crippen molar-refractivity contribution < 1.29 is 14.8 Å². The fraction of sp³-hybridized carbons (Fsp3) is 0.462. The van der Waals surface area contributed by atoms with Crippen LogP contribution < -0.4 is 4.90 Å². The van der Waals surface area contributed by atoms with Gasteiger partial charge in [0, 0.05) is 25.3 Å². The Morgan fingerprint density at radius 2 is 2.21 bits per heavy atom. The summed E-state index contributed by atoms with van der Waals surface area (Å²) in [5.74, 6) is -0.626. The van der Waals surface area contributed by atoms with E-state index in [0.29, 0.717) is 11.6 Å². The first kappa shape index (κ1) is 13.3. The molecule has 0 heterocycles. The molecular formula is C13H16N2O4. The highest BCUT2D eigenvalue weighted by Crippen LogP contribution is 2.30. The van der Waals surface area contributed by atoms with E-state index in [0.717, 1.165) is 6.54 Å². The van der Waals surface area contributed by atoms with Crippen molar-refractivity contribution in [3.05, 3.63) is 33.9 Å². The highest BCUT2D eigenvalue weighted by molar-refractivity contribution is 5.93. The fourth-order valence-corrected chi connectivity index (χ4v) is 2.26. The maximum Gasteiger partial charge on any atom is 0.342 e. The van der Waals surface area contributed by atoms with Crippen molar-refractivity contribution in [3.63, 3.8) is 0 Å². The minimum Gasteiger partial charge on any atom is -0.477 e. The van der Waals surface area contributed by atoms with Gasteiger partial charge in [-0.2, -0.15) is 0 Å². The van der Waals surface area contributed by atoms with Gasteiger partial charge in [0.15, 0.2) is 0 Å². The van der Waals surface area contributed by atoms with Crippen molar-refractivity contribution in [2.24, 2.45) is 5.92 Å². The predicted molar refractivity (Wildman–Crippen MR) is 70.7 cm³/mol. The molecule has 1 aliphatic carbocycles. The molecule has 0 radical (unpaired) electrons. The SMILES string of the molecule is CN(CC1CCC1)c1ccc([N+](=O)[O-])c(C(=O)O)c1. The van der Waals surface area contributed by atoms with Crippen LogP contribution in [0.2, 0.25) is 0 Å². The number of hydrogen-bond donors (Lipinski definition) is 1. The molecule has 102 valence electrons. The number of benzene rings is 1. The summed E-state index contributed by atoms with van der Waals surface area (Å²) in [5, 5.41) is 19.8. The second kappa shape index (κ2) is 5.26. The largest absolute Gasteiger partial charge is 0.477 e. The second-order valence-electron chi connectivity index (χ2n) is 4.94. The number of hydrogen-bond acceptors (Lipinski definition) is 4. The third-order valence-electron chi connectivity index (χ3n) is 3.60. The molecule has 0 unspecified atom stereocenters. The van der Waals surface area contributed by atoms with Gasteiger partial charge in [-0.15, -0.1) is 0 Å². The molecule has 1 aliphatic rings. The number of nitro groups is 1. The number of rotatable bonds is 5. The minimum atomic E-state index is -1.27. The highest BCUT2D eigenvalue weighted by atomic mass is 16.6. The van der Waals surface area contributed by atoms with Gasteiger partial charge in [0.2, 0.25) is 0 Å². The number of anilines is 1. The quantitative estimate of drug-likeness (QED) is 0.652. The van der Waals surface area contributed by atoms with Gasteiger partial charge in [0.25, 0.3) is 5.69 Å². The zero-order valence-electron chi connectivity index (χ0n) is 10.7. The number of carboxylic acid groups (broad SMARTS) is 1. The first-order chi connectivity index (χ1) is 8.99. The molecule has 1 N–H and O–H groups in total. The predicted octanol–water partition coefficient (Wildman–Crippen LogP) is 2.53. The Labute approximate surface area is 110 Å². The lowest BCUT2D eigenvalue weighted by Gasteiger charge is -2.31. The molecule has 0 amide bonds. The van der Waals surface area contributed by atoms with Gasteiger partial charge in [-0.05, 0) is 30.9 Å². The van der Waals surface area contributed by atoms with Crippen molar-refractivity contribution in [1.29, 1.82) is 0 Å². The Kier molecular flexibility index (Phi) is 3.69. The monoisotopic (exact) mass is 264 g/mol. The van der Waals surface area contributed by atoms with E-state index in [2.05, 4.69) is 0 Å². The first-order valence-corrected chi connectivity index (χ1v) is 6.22. The average Bonchev–Trinajstić information content (AvgIpc) is 2.32. The van der Waals surface area contributed by atoms with Crippen molar-refractivity contribution in [3.8, 4) is 0 Å². The topological polar surface area (TPSA) is 83.7 Å². The number of carboxylic acids is 1. The zero-order valence-corrected chi connectivity index (χ0v) is 10.7. The summed E-state index contributed by atoms with van der Waals surface area (Å²) in [6.07, 6.45) is 3.64. The summed E-state index contributed by atoms with van der Waals surface area (Å²) in [6.45, 7) is 0.858. The van der Waals surface area contributed by atoms with Gasteiger partial charge in [-0.1, -0.05) is 6.42 Å². The Hall–Kier alpha value is -2.11. The molecule has 0 bridgehead atoms. The molecule has 1 fully saturated rings. The van der Waals surface area contributed by atoms with Crippen LogP contribution in [0, 0.1) is 16.0 Å². The van der Waals surface area contributed by atoms with E-state index in [1.807, 2.05) is 11.9 Å². The third kappa shape index (κ3) is 2.83. The molecule has 1 aromatic rings. The molecule has 19 heavy (non-hydrogen) atoms. The van der Waals surface area contributed by atoms with Gasteiger partial charge in [-0.25, -0.2) is 4.79 Å². The summed E-state index contributed by atoms with van der Waals surface area (Å²) < 4.78 is 0. The van der Waals surface area contributed by atoms with Crippen LogP contribution >= 0.6 is 0 Å². The van der Waals surface area contributed by atoms with Crippen molar-refractivity contribution >= 4 is 17.3 Å². The van der Waals surface area contributed by atoms with E-state index >= 15 is 0 Å². The van der Waals surface area contributed by atoms with Crippen molar-refractivity contribution in [1.82, 2.24) is 0 Å². The summed E-state index contributed by atoms with van der Waals surface area (Å²) in [5.41, 5.74) is 0.0751. The lowest BCUT2D eigenvalue weighted by molar-refractivity contribution is -0.385. The molecule has 0 spiro atoms. The molecule has 0 saturated heterocycles. The molecule has 6 nitrogen and oxygen atoms in total. The van der Waals surface area contributed by atoms with Gasteiger partial charge < -0.3 is 10.0 Å². The first-order valence-electron chi connectivity index (χ1n) is 6.22. The fourth-order valence-electron chi connectivity index (χ4n) is 2.26. The lowest BCUT2D eigenvalue weighted by atomic mass is 9.85. The van der Waals surface area contributed by atoms with Gasteiger partial charge in [0.1, 0.15) is 5.56 Å². The van der Waals surface area contributed by atoms with Crippen LogP contribution in [0.25, 0.3) is 0 Å². The number of nitro benzene ring substituents is 1. The van der Waals surface area contributed by atoms with Crippen molar-refractivity contribution in [2.45, 2.75) is 19.3 Å².